The van der Waals surface area contributed by atoms with E-state index in [4.69, 9.17) is 28.0 Å². The van der Waals surface area contributed by atoms with Gasteiger partial charge in [0.25, 0.3) is 11.5 Å². The quantitative estimate of drug-likeness (QED) is 0.489. The molecule has 34 heavy (non-hydrogen) atoms. The molecule has 6 nitrogen and oxygen atoms in total. The fourth-order valence-corrected chi connectivity index (χ4v) is 4.31. The lowest BCUT2D eigenvalue weighted by molar-refractivity contribution is -0.275. The predicted molar refractivity (Wildman–Crippen MR) is 122 cm³/mol. The molecule has 2 aromatic carbocycles. The molecular weight excluding hydrogens is 492 g/mol. The van der Waals surface area contributed by atoms with Crippen LogP contribution in [0.5, 0.6) is 0 Å². The van der Waals surface area contributed by atoms with E-state index in [2.05, 4.69) is 15.6 Å². The van der Waals surface area contributed by atoms with E-state index in [0.29, 0.717) is 16.7 Å². The van der Waals surface area contributed by atoms with Crippen molar-refractivity contribution in [2.75, 3.05) is 0 Å². The van der Waals surface area contributed by atoms with E-state index in [9.17, 15) is 18.0 Å². The summed E-state index contributed by atoms with van der Waals surface area (Å²) < 4.78 is 44.2. The molecule has 0 spiro atoms. The molecule has 1 unspecified atom stereocenters. The standard InChI is InChI=1S/C23H19Cl2F3N4O2/c1-13-7-14(3-4-19(13)21(33)29-12-18-5-6-30-32(18)2)20-11-22(34-31-20,23(26,27)28)15-8-16(24)10-17(25)9-15/h3-10H,11-12H2,1-2H3,(H,29,33). The first-order valence-electron chi connectivity index (χ1n) is 10.1. The molecule has 4 rings (SSSR count). The predicted octanol–water partition coefficient (Wildman–Crippen LogP) is 5.55. The topological polar surface area (TPSA) is 68.5 Å². The summed E-state index contributed by atoms with van der Waals surface area (Å²) >= 11 is 11.9. The van der Waals surface area contributed by atoms with Gasteiger partial charge >= 0.3 is 6.18 Å². The van der Waals surface area contributed by atoms with Crippen molar-refractivity contribution in [3.63, 3.8) is 0 Å². The van der Waals surface area contributed by atoms with Crippen LogP contribution in [0.2, 0.25) is 10.0 Å². The Morgan fingerprint density at radius 1 is 1.18 bits per heavy atom. The second kappa shape index (κ2) is 8.96. The average Bonchev–Trinajstić information content (AvgIpc) is 3.38. The molecule has 0 bridgehead atoms. The number of carbonyl (C=O) groups excluding carboxylic acids is 1. The maximum Gasteiger partial charge on any atom is 0.435 e. The van der Waals surface area contributed by atoms with E-state index >= 15 is 0 Å². The number of hydrogen-bond donors (Lipinski definition) is 1. The highest BCUT2D eigenvalue weighted by atomic mass is 35.5. The fraction of sp³-hybridized carbons (Fsp3) is 0.261. The molecule has 2 heterocycles. The number of amides is 1. The second-order valence-electron chi connectivity index (χ2n) is 7.95. The number of carbonyl (C=O) groups is 1. The minimum absolute atomic E-state index is 0.0560. The van der Waals surface area contributed by atoms with Crippen molar-refractivity contribution in [2.24, 2.45) is 12.2 Å². The summed E-state index contributed by atoms with van der Waals surface area (Å²) in [5.41, 5.74) is -0.640. The first-order chi connectivity index (χ1) is 16.0. The van der Waals surface area contributed by atoms with E-state index in [1.165, 1.54) is 18.2 Å². The van der Waals surface area contributed by atoms with E-state index in [1.54, 1.807) is 49.1 Å². The Labute approximate surface area is 203 Å². The first kappa shape index (κ1) is 24.1. The van der Waals surface area contributed by atoms with Crippen LogP contribution in [0.15, 0.2) is 53.8 Å². The van der Waals surface area contributed by atoms with Crippen molar-refractivity contribution in [3.05, 3.63) is 86.7 Å². The minimum Gasteiger partial charge on any atom is -0.374 e. The number of benzene rings is 2. The van der Waals surface area contributed by atoms with Gasteiger partial charge in [-0.2, -0.15) is 18.3 Å². The maximum absolute atomic E-state index is 14.2. The number of aromatic nitrogens is 2. The van der Waals surface area contributed by atoms with Gasteiger partial charge in [-0.25, -0.2) is 0 Å². The number of halogens is 5. The van der Waals surface area contributed by atoms with E-state index in [1.807, 2.05) is 0 Å². The monoisotopic (exact) mass is 510 g/mol. The van der Waals surface area contributed by atoms with Crippen molar-refractivity contribution in [1.29, 1.82) is 0 Å². The van der Waals surface area contributed by atoms with Crippen LogP contribution in [0, 0.1) is 6.92 Å². The zero-order chi connectivity index (χ0) is 24.7. The van der Waals surface area contributed by atoms with Crippen LogP contribution >= 0.6 is 23.2 Å². The summed E-state index contributed by atoms with van der Waals surface area (Å²) in [6.07, 6.45) is -3.73. The Morgan fingerprint density at radius 2 is 1.88 bits per heavy atom. The third kappa shape index (κ3) is 4.50. The lowest BCUT2D eigenvalue weighted by atomic mass is 9.86. The lowest BCUT2D eigenvalue weighted by Crippen LogP contribution is -2.42. The number of nitrogens with zero attached hydrogens (tertiary/aromatic N) is 3. The molecular formula is C23H19Cl2F3N4O2. The molecule has 1 aromatic heterocycles. The Hall–Kier alpha value is -3.04. The summed E-state index contributed by atoms with van der Waals surface area (Å²) in [6, 6.07) is 10.2. The van der Waals surface area contributed by atoms with Gasteiger partial charge in [-0.15, -0.1) is 0 Å². The van der Waals surface area contributed by atoms with Crippen molar-refractivity contribution < 1.29 is 22.8 Å². The van der Waals surface area contributed by atoms with Crippen LogP contribution in [-0.4, -0.2) is 27.6 Å². The molecule has 0 aliphatic carbocycles. The molecule has 1 amide bonds. The number of alkyl halides is 3. The van der Waals surface area contributed by atoms with Gasteiger partial charge in [0.05, 0.1) is 18.0 Å². The number of rotatable bonds is 5. The fourth-order valence-electron chi connectivity index (χ4n) is 3.78. The largest absolute Gasteiger partial charge is 0.435 e. The summed E-state index contributed by atoms with van der Waals surface area (Å²) in [5.74, 6) is -0.312. The van der Waals surface area contributed by atoms with Crippen LogP contribution in [0.1, 0.15) is 39.2 Å². The normalized spacial score (nSPS) is 17.9. The Bertz CT molecular complexity index is 1270. The van der Waals surface area contributed by atoms with Crippen molar-refractivity contribution >= 4 is 34.8 Å². The molecule has 178 valence electrons. The first-order valence-corrected chi connectivity index (χ1v) is 10.9. The van der Waals surface area contributed by atoms with Gasteiger partial charge in [-0.3, -0.25) is 9.48 Å². The minimum atomic E-state index is -4.78. The van der Waals surface area contributed by atoms with Gasteiger partial charge in [0.15, 0.2) is 0 Å². The number of oxime groups is 1. The molecule has 0 saturated heterocycles. The van der Waals surface area contributed by atoms with E-state index in [0.717, 1.165) is 5.69 Å². The van der Waals surface area contributed by atoms with Crippen LogP contribution < -0.4 is 5.32 Å². The molecule has 1 N–H and O–H groups in total. The molecule has 0 saturated carbocycles. The van der Waals surface area contributed by atoms with Crippen molar-refractivity contribution in [1.82, 2.24) is 15.1 Å². The number of nitrogens with one attached hydrogen (secondary N) is 1. The zero-order valence-electron chi connectivity index (χ0n) is 18.1. The summed E-state index contributed by atoms with van der Waals surface area (Å²) in [4.78, 5) is 17.7. The average molecular weight is 511 g/mol. The van der Waals surface area contributed by atoms with Crippen LogP contribution in [0.4, 0.5) is 13.2 Å². The molecule has 1 atom stereocenters. The highest BCUT2D eigenvalue weighted by molar-refractivity contribution is 6.34. The van der Waals surface area contributed by atoms with Gasteiger partial charge in [0.1, 0.15) is 0 Å². The summed E-state index contributed by atoms with van der Waals surface area (Å²) in [6.45, 7) is 1.99. The second-order valence-corrected chi connectivity index (χ2v) is 8.82. The molecule has 0 fully saturated rings. The number of aryl methyl sites for hydroxylation is 2. The molecule has 0 radical (unpaired) electrons. The van der Waals surface area contributed by atoms with Gasteiger partial charge in [-0.1, -0.05) is 34.4 Å². The van der Waals surface area contributed by atoms with Crippen LogP contribution in [0.25, 0.3) is 0 Å². The van der Waals surface area contributed by atoms with Gasteiger partial charge in [-0.05, 0) is 54.4 Å². The maximum atomic E-state index is 14.2. The third-order valence-electron chi connectivity index (χ3n) is 5.67. The van der Waals surface area contributed by atoms with E-state index < -0.39 is 18.2 Å². The molecule has 11 heteroatoms. The van der Waals surface area contributed by atoms with Crippen LogP contribution in [0.3, 0.4) is 0 Å². The third-order valence-corrected chi connectivity index (χ3v) is 6.11. The molecule has 1 aliphatic rings. The Kier molecular flexibility index (Phi) is 6.35. The number of hydrogen-bond acceptors (Lipinski definition) is 4. The molecule has 1 aliphatic heterocycles. The van der Waals surface area contributed by atoms with Crippen LogP contribution in [-0.2, 0) is 24.0 Å². The zero-order valence-corrected chi connectivity index (χ0v) is 19.6. The summed E-state index contributed by atoms with van der Waals surface area (Å²) in [7, 11) is 1.77. The van der Waals surface area contributed by atoms with E-state index in [-0.39, 0.29) is 33.8 Å². The smallest absolute Gasteiger partial charge is 0.374 e. The lowest BCUT2D eigenvalue weighted by Gasteiger charge is -2.29. The van der Waals surface area contributed by atoms with Gasteiger partial charge in [0, 0.05) is 40.8 Å². The Balaban J connectivity index is 1.56. The van der Waals surface area contributed by atoms with Gasteiger partial charge < -0.3 is 10.2 Å². The Morgan fingerprint density at radius 3 is 2.47 bits per heavy atom. The highest BCUT2D eigenvalue weighted by Gasteiger charge is 2.62. The summed E-state index contributed by atoms with van der Waals surface area (Å²) in [5, 5.41) is 10.7. The SMILES string of the molecule is Cc1cc(C2=NOC(c3cc(Cl)cc(Cl)c3)(C(F)(F)F)C2)ccc1C(=O)NCc1ccnn1C. The molecule has 3 aromatic rings. The highest BCUT2D eigenvalue weighted by Crippen LogP contribution is 2.49. The van der Waals surface area contributed by atoms with Crippen molar-refractivity contribution in [2.45, 2.75) is 31.7 Å². The van der Waals surface area contributed by atoms with Gasteiger partial charge in [0.2, 0.25) is 0 Å². The van der Waals surface area contributed by atoms with Crippen molar-refractivity contribution in [3.8, 4) is 0 Å².